The molecule has 1 saturated heterocycles. The molecule has 202 valence electrons. The Bertz CT molecular complexity index is 1380. The molecule has 0 unspecified atom stereocenters. The van der Waals surface area contributed by atoms with Crippen LogP contribution in [0.5, 0.6) is 0 Å². The van der Waals surface area contributed by atoms with Crippen LogP contribution in [0.15, 0.2) is 47.5 Å². The number of carbonyl (C=O) groups excluding carboxylic acids is 2. The first kappa shape index (κ1) is 28.1. The van der Waals surface area contributed by atoms with Crippen LogP contribution in [0.1, 0.15) is 25.8 Å². The summed E-state index contributed by atoms with van der Waals surface area (Å²) in [6, 6.07) is 10.9. The molecule has 0 radical (unpaired) electrons. The minimum absolute atomic E-state index is 0.118. The van der Waals surface area contributed by atoms with Gasteiger partial charge in [-0.15, -0.1) is 0 Å². The number of nitrogens with zero attached hydrogens (tertiary/aromatic N) is 5. The second kappa shape index (κ2) is 12.3. The number of hydrogen-bond acceptors (Lipinski definition) is 6. The maximum absolute atomic E-state index is 13.3. The summed E-state index contributed by atoms with van der Waals surface area (Å²) in [5.74, 6) is 0.430. The fourth-order valence-corrected chi connectivity index (χ4v) is 4.98. The summed E-state index contributed by atoms with van der Waals surface area (Å²) in [5.41, 5.74) is 2.11. The van der Waals surface area contributed by atoms with Gasteiger partial charge in [0.15, 0.2) is 0 Å². The molecule has 3 aromatic rings. The lowest BCUT2D eigenvalue weighted by atomic mass is 10.1. The smallest absolute Gasteiger partial charge is 0.261 e. The SMILES string of the molecule is CC(C)CC(=O)CN1CCN(c2ccc3ncn(CC(=O)N(C)Cc4ccc(Cl)c(Cl)c4)c(=O)c3c2)CC1. The average molecular weight is 559 g/mol. The molecule has 0 saturated carbocycles. The molecule has 8 nitrogen and oxygen atoms in total. The van der Waals surface area contributed by atoms with Gasteiger partial charge in [-0.05, 0) is 41.8 Å². The predicted molar refractivity (Wildman–Crippen MR) is 152 cm³/mol. The van der Waals surface area contributed by atoms with Crippen molar-refractivity contribution in [1.29, 1.82) is 0 Å². The Hall–Kier alpha value is -2.94. The van der Waals surface area contributed by atoms with E-state index in [1.807, 2.05) is 24.3 Å². The summed E-state index contributed by atoms with van der Waals surface area (Å²) < 4.78 is 1.35. The number of hydrogen-bond donors (Lipinski definition) is 0. The number of anilines is 1. The van der Waals surface area contributed by atoms with E-state index in [0.717, 1.165) is 37.4 Å². The normalized spacial score (nSPS) is 14.3. The average Bonchev–Trinajstić information content (AvgIpc) is 2.87. The number of carbonyl (C=O) groups is 2. The molecule has 10 heteroatoms. The lowest BCUT2D eigenvalue weighted by Gasteiger charge is -2.36. The first-order valence-corrected chi connectivity index (χ1v) is 13.5. The molecule has 1 aliphatic rings. The van der Waals surface area contributed by atoms with Crippen LogP contribution in [-0.4, -0.2) is 70.8 Å². The van der Waals surface area contributed by atoms with Gasteiger partial charge in [-0.3, -0.25) is 23.9 Å². The van der Waals surface area contributed by atoms with Crippen LogP contribution in [-0.2, 0) is 22.7 Å². The van der Waals surface area contributed by atoms with Gasteiger partial charge in [0.05, 0.1) is 33.8 Å². The van der Waals surface area contributed by atoms with Gasteiger partial charge in [0.2, 0.25) is 5.91 Å². The highest BCUT2D eigenvalue weighted by Crippen LogP contribution is 2.23. The van der Waals surface area contributed by atoms with E-state index >= 15 is 0 Å². The first-order chi connectivity index (χ1) is 18.1. The highest BCUT2D eigenvalue weighted by molar-refractivity contribution is 6.42. The van der Waals surface area contributed by atoms with E-state index in [-0.39, 0.29) is 23.8 Å². The van der Waals surface area contributed by atoms with Crippen molar-refractivity contribution in [1.82, 2.24) is 19.4 Å². The molecular weight excluding hydrogens is 525 g/mol. The minimum atomic E-state index is -0.258. The number of rotatable bonds is 9. The maximum atomic E-state index is 13.3. The third-order valence-corrected chi connectivity index (χ3v) is 7.46. The van der Waals surface area contributed by atoms with Crippen LogP contribution < -0.4 is 10.5 Å². The van der Waals surface area contributed by atoms with Gasteiger partial charge < -0.3 is 9.80 Å². The van der Waals surface area contributed by atoms with Crippen molar-refractivity contribution >= 4 is 51.5 Å². The molecule has 0 atom stereocenters. The quantitative estimate of drug-likeness (QED) is 0.394. The summed E-state index contributed by atoms with van der Waals surface area (Å²) in [6.45, 7) is 7.95. The van der Waals surface area contributed by atoms with Gasteiger partial charge in [-0.1, -0.05) is 43.1 Å². The third-order valence-electron chi connectivity index (χ3n) is 6.72. The van der Waals surface area contributed by atoms with E-state index < -0.39 is 0 Å². The van der Waals surface area contributed by atoms with E-state index in [1.165, 1.54) is 15.8 Å². The summed E-state index contributed by atoms with van der Waals surface area (Å²) in [5, 5.41) is 1.35. The highest BCUT2D eigenvalue weighted by atomic mass is 35.5. The van der Waals surface area contributed by atoms with E-state index in [4.69, 9.17) is 23.2 Å². The Morgan fingerprint density at radius 2 is 1.74 bits per heavy atom. The van der Waals surface area contributed by atoms with E-state index in [0.29, 0.717) is 46.4 Å². The van der Waals surface area contributed by atoms with Gasteiger partial charge in [-0.25, -0.2) is 4.98 Å². The lowest BCUT2D eigenvalue weighted by Crippen LogP contribution is -2.48. The Kier molecular flexibility index (Phi) is 9.07. The third kappa shape index (κ3) is 6.92. The van der Waals surface area contributed by atoms with Crippen molar-refractivity contribution in [3.05, 3.63) is 68.7 Å². The van der Waals surface area contributed by atoms with Crippen LogP contribution in [0.2, 0.25) is 10.0 Å². The molecule has 4 rings (SSSR count). The van der Waals surface area contributed by atoms with Crippen LogP contribution in [0.3, 0.4) is 0 Å². The Morgan fingerprint density at radius 1 is 1.00 bits per heavy atom. The van der Waals surface area contributed by atoms with E-state index in [2.05, 4.69) is 28.6 Å². The number of benzene rings is 2. The van der Waals surface area contributed by atoms with Gasteiger partial charge in [0.1, 0.15) is 12.3 Å². The molecule has 1 fully saturated rings. The number of likely N-dealkylation sites (N-methyl/N-ethyl adjacent to an activating group) is 1. The number of Topliss-reactive ketones (excluding diaryl/α,β-unsaturated/α-hetero) is 1. The minimum Gasteiger partial charge on any atom is -0.369 e. The molecule has 2 heterocycles. The van der Waals surface area contributed by atoms with Gasteiger partial charge in [0, 0.05) is 51.9 Å². The summed E-state index contributed by atoms with van der Waals surface area (Å²) in [7, 11) is 1.68. The summed E-state index contributed by atoms with van der Waals surface area (Å²) >= 11 is 12.1. The van der Waals surface area contributed by atoms with Crippen LogP contribution in [0.25, 0.3) is 10.9 Å². The zero-order valence-corrected chi connectivity index (χ0v) is 23.5. The van der Waals surface area contributed by atoms with Crippen LogP contribution in [0, 0.1) is 5.92 Å². The van der Waals surface area contributed by atoms with Gasteiger partial charge >= 0.3 is 0 Å². The van der Waals surface area contributed by atoms with Crippen molar-refractivity contribution < 1.29 is 9.59 Å². The Labute approximate surface area is 232 Å². The monoisotopic (exact) mass is 557 g/mol. The van der Waals surface area contributed by atoms with Crippen molar-refractivity contribution in [3.63, 3.8) is 0 Å². The second-order valence-electron chi connectivity index (χ2n) is 10.3. The molecule has 1 aliphatic heterocycles. The molecule has 1 amide bonds. The van der Waals surface area contributed by atoms with Gasteiger partial charge in [-0.2, -0.15) is 0 Å². The zero-order chi connectivity index (χ0) is 27.4. The molecule has 0 N–H and O–H groups in total. The number of halogens is 2. The Morgan fingerprint density at radius 3 is 2.42 bits per heavy atom. The van der Waals surface area contributed by atoms with Crippen LogP contribution >= 0.6 is 23.2 Å². The van der Waals surface area contributed by atoms with E-state index in [1.54, 1.807) is 19.2 Å². The summed E-state index contributed by atoms with van der Waals surface area (Å²) in [6.07, 6.45) is 2.03. The molecule has 38 heavy (non-hydrogen) atoms. The van der Waals surface area contributed by atoms with Crippen molar-refractivity contribution in [2.45, 2.75) is 33.4 Å². The van der Waals surface area contributed by atoms with Crippen molar-refractivity contribution in [2.75, 3.05) is 44.7 Å². The fraction of sp³-hybridized carbons (Fsp3) is 0.429. The van der Waals surface area contributed by atoms with E-state index in [9.17, 15) is 14.4 Å². The number of piperazine rings is 1. The molecular formula is C28H33Cl2N5O3. The highest BCUT2D eigenvalue weighted by Gasteiger charge is 2.20. The largest absolute Gasteiger partial charge is 0.369 e. The topological polar surface area (TPSA) is 78.8 Å². The maximum Gasteiger partial charge on any atom is 0.261 e. The number of ketones is 1. The molecule has 0 aliphatic carbocycles. The number of aromatic nitrogens is 2. The van der Waals surface area contributed by atoms with Crippen molar-refractivity contribution in [2.24, 2.45) is 5.92 Å². The standard InChI is InChI=1S/C28H33Cl2N5O3/c1-19(2)12-22(36)16-33-8-10-34(11-9-33)21-5-7-26-23(14-21)28(38)35(18-31-26)17-27(37)32(3)15-20-4-6-24(29)25(30)13-20/h4-7,13-14,18-19H,8-12,15-17H2,1-3H3. The zero-order valence-electron chi connectivity index (χ0n) is 22.0. The first-order valence-electron chi connectivity index (χ1n) is 12.8. The number of fused-ring (bicyclic) bond motifs is 1. The number of amides is 1. The molecule has 0 spiro atoms. The fourth-order valence-electron chi connectivity index (χ4n) is 4.66. The lowest BCUT2D eigenvalue weighted by molar-refractivity contribution is -0.131. The second-order valence-corrected chi connectivity index (χ2v) is 11.1. The van der Waals surface area contributed by atoms with Gasteiger partial charge in [0.25, 0.3) is 5.56 Å². The molecule has 0 bridgehead atoms. The predicted octanol–water partition coefficient (Wildman–Crippen LogP) is 4.10. The molecule has 1 aromatic heterocycles. The van der Waals surface area contributed by atoms with Crippen molar-refractivity contribution in [3.8, 4) is 0 Å². The molecule has 2 aromatic carbocycles. The summed E-state index contributed by atoms with van der Waals surface area (Å²) in [4.78, 5) is 48.7. The van der Waals surface area contributed by atoms with Crippen LogP contribution in [0.4, 0.5) is 5.69 Å². The Balaban J connectivity index is 1.42.